The van der Waals surface area contributed by atoms with E-state index in [1.807, 2.05) is 6.92 Å². The van der Waals surface area contributed by atoms with Gasteiger partial charge >= 0.3 is 5.97 Å². The lowest BCUT2D eigenvalue weighted by molar-refractivity contribution is -0.143. The minimum absolute atomic E-state index is 0.189. The third-order valence-corrected chi connectivity index (χ3v) is 1.89. The van der Waals surface area contributed by atoms with Gasteiger partial charge in [0, 0.05) is 25.9 Å². The highest BCUT2D eigenvalue weighted by Crippen LogP contribution is 1.95. The topological polar surface area (TPSA) is 52.6 Å². The molecule has 0 fully saturated rings. The molecule has 4 nitrogen and oxygen atoms in total. The van der Waals surface area contributed by atoms with Gasteiger partial charge in [-0.2, -0.15) is 0 Å². The summed E-state index contributed by atoms with van der Waals surface area (Å²) < 4.78 is 9.96. The Balaban J connectivity index is 3.18. The fourth-order valence-corrected chi connectivity index (χ4v) is 1.02. The summed E-state index contributed by atoms with van der Waals surface area (Å²) in [5, 5.41) is 0. The van der Waals surface area contributed by atoms with Gasteiger partial charge in [0.25, 0.3) is 0 Å². The second-order valence-corrected chi connectivity index (χ2v) is 3.16. The molecule has 0 radical (unpaired) electrons. The molecule has 0 bridgehead atoms. The van der Waals surface area contributed by atoms with Crippen molar-refractivity contribution < 1.29 is 19.1 Å². The van der Waals surface area contributed by atoms with E-state index in [1.165, 1.54) is 0 Å². The van der Waals surface area contributed by atoms with E-state index in [0.29, 0.717) is 45.5 Å². The van der Waals surface area contributed by atoms with Crippen LogP contribution in [0.4, 0.5) is 0 Å². The van der Waals surface area contributed by atoms with Gasteiger partial charge < -0.3 is 9.47 Å². The summed E-state index contributed by atoms with van der Waals surface area (Å²) in [6.45, 7) is 5.00. The van der Waals surface area contributed by atoms with Crippen molar-refractivity contribution in [2.75, 3.05) is 19.8 Å². The minimum atomic E-state index is -0.189. The summed E-state index contributed by atoms with van der Waals surface area (Å²) in [5.41, 5.74) is 0. The maximum absolute atomic E-state index is 10.9. The Morgan fingerprint density at radius 3 is 2.40 bits per heavy atom. The maximum Gasteiger partial charge on any atom is 0.305 e. The van der Waals surface area contributed by atoms with E-state index in [9.17, 15) is 9.59 Å². The molecule has 0 saturated heterocycles. The van der Waals surface area contributed by atoms with E-state index in [2.05, 4.69) is 0 Å². The van der Waals surface area contributed by atoms with Crippen LogP contribution >= 0.6 is 0 Å². The molecule has 0 N–H and O–H groups in total. The number of ketones is 1. The van der Waals surface area contributed by atoms with E-state index in [-0.39, 0.29) is 11.8 Å². The lowest BCUT2D eigenvalue weighted by Crippen LogP contribution is -2.07. The van der Waals surface area contributed by atoms with Crippen LogP contribution in [0.3, 0.4) is 0 Å². The molecule has 0 unspecified atom stereocenters. The van der Waals surface area contributed by atoms with Crippen LogP contribution in [0.15, 0.2) is 0 Å². The zero-order chi connectivity index (χ0) is 11.5. The van der Waals surface area contributed by atoms with Crippen LogP contribution in [0.1, 0.15) is 39.5 Å². The highest BCUT2D eigenvalue weighted by molar-refractivity contribution is 5.78. The lowest BCUT2D eigenvalue weighted by atomic mass is 10.2. The summed E-state index contributed by atoms with van der Waals surface area (Å²) in [6, 6.07) is 0. The SMILES string of the molecule is CCOC(=O)CCCOCCC(=O)CC. The number of carbonyl (C=O) groups excluding carboxylic acids is 2. The van der Waals surface area contributed by atoms with Gasteiger partial charge in [-0.3, -0.25) is 9.59 Å². The van der Waals surface area contributed by atoms with Crippen molar-refractivity contribution in [2.45, 2.75) is 39.5 Å². The predicted octanol–water partition coefficient (Wildman–Crippen LogP) is 1.72. The van der Waals surface area contributed by atoms with Crippen molar-refractivity contribution in [2.24, 2.45) is 0 Å². The monoisotopic (exact) mass is 216 g/mol. The number of hydrogen-bond donors (Lipinski definition) is 0. The highest BCUT2D eigenvalue weighted by Gasteiger charge is 2.01. The Labute approximate surface area is 90.9 Å². The number of rotatable bonds is 9. The average Bonchev–Trinajstić information content (AvgIpc) is 2.23. The van der Waals surface area contributed by atoms with Crippen molar-refractivity contribution in [1.82, 2.24) is 0 Å². The molecule has 0 atom stereocenters. The lowest BCUT2D eigenvalue weighted by Gasteiger charge is -2.03. The number of esters is 1. The molecule has 0 saturated carbocycles. The van der Waals surface area contributed by atoms with Crippen LogP contribution in [0, 0.1) is 0 Å². The Hall–Kier alpha value is -0.900. The molecule has 0 rings (SSSR count). The molecule has 88 valence electrons. The molecule has 0 aliphatic carbocycles. The van der Waals surface area contributed by atoms with Crippen molar-refractivity contribution in [3.63, 3.8) is 0 Å². The van der Waals surface area contributed by atoms with Crippen LogP contribution in [0.25, 0.3) is 0 Å². The first-order chi connectivity index (χ1) is 7.20. The van der Waals surface area contributed by atoms with E-state index in [1.54, 1.807) is 6.92 Å². The van der Waals surface area contributed by atoms with Crippen LogP contribution in [-0.2, 0) is 19.1 Å². The molecule has 0 spiro atoms. The van der Waals surface area contributed by atoms with Gasteiger partial charge in [-0.15, -0.1) is 0 Å². The first-order valence-corrected chi connectivity index (χ1v) is 5.45. The number of hydrogen-bond acceptors (Lipinski definition) is 4. The van der Waals surface area contributed by atoms with Gasteiger partial charge in [0.15, 0.2) is 0 Å². The largest absolute Gasteiger partial charge is 0.466 e. The van der Waals surface area contributed by atoms with E-state index in [4.69, 9.17) is 9.47 Å². The molecule has 0 aliphatic rings. The standard InChI is InChI=1S/C11H20O4/c1-3-10(12)7-9-14-8-5-6-11(13)15-4-2/h3-9H2,1-2H3. The molecule has 0 amide bonds. The van der Waals surface area contributed by atoms with Crippen molar-refractivity contribution in [3.05, 3.63) is 0 Å². The summed E-state index contributed by atoms with van der Waals surface area (Å²) in [5.74, 6) is 0.0196. The second-order valence-electron chi connectivity index (χ2n) is 3.16. The van der Waals surface area contributed by atoms with Gasteiger partial charge in [0.05, 0.1) is 13.2 Å². The van der Waals surface area contributed by atoms with E-state index in [0.717, 1.165) is 0 Å². The zero-order valence-electron chi connectivity index (χ0n) is 9.58. The van der Waals surface area contributed by atoms with Crippen LogP contribution < -0.4 is 0 Å². The Morgan fingerprint density at radius 2 is 1.80 bits per heavy atom. The van der Waals surface area contributed by atoms with Crippen LogP contribution in [0.2, 0.25) is 0 Å². The Bertz CT molecular complexity index is 189. The molecule has 0 aromatic carbocycles. The summed E-state index contributed by atoms with van der Waals surface area (Å²) >= 11 is 0. The van der Waals surface area contributed by atoms with Gasteiger partial charge in [-0.1, -0.05) is 6.92 Å². The van der Waals surface area contributed by atoms with Gasteiger partial charge in [-0.25, -0.2) is 0 Å². The quantitative estimate of drug-likeness (QED) is 0.435. The Kier molecular flexibility index (Phi) is 9.07. The molecule has 4 heteroatoms. The molecule has 0 heterocycles. The summed E-state index contributed by atoms with van der Waals surface area (Å²) in [7, 11) is 0. The van der Waals surface area contributed by atoms with Gasteiger partial charge in [-0.05, 0) is 13.3 Å². The Morgan fingerprint density at radius 1 is 1.07 bits per heavy atom. The van der Waals surface area contributed by atoms with Crippen molar-refractivity contribution in [3.8, 4) is 0 Å². The zero-order valence-corrected chi connectivity index (χ0v) is 9.58. The molecule has 0 aliphatic heterocycles. The molecule has 0 aromatic heterocycles. The minimum Gasteiger partial charge on any atom is -0.466 e. The fraction of sp³-hybridized carbons (Fsp3) is 0.818. The molecular weight excluding hydrogens is 196 g/mol. The summed E-state index contributed by atoms with van der Waals surface area (Å²) in [6.07, 6.45) is 2.07. The van der Waals surface area contributed by atoms with E-state index < -0.39 is 0 Å². The highest BCUT2D eigenvalue weighted by atomic mass is 16.5. The van der Waals surface area contributed by atoms with Crippen molar-refractivity contribution in [1.29, 1.82) is 0 Å². The smallest absolute Gasteiger partial charge is 0.305 e. The third kappa shape index (κ3) is 9.41. The van der Waals surface area contributed by atoms with Gasteiger partial charge in [0.2, 0.25) is 0 Å². The maximum atomic E-state index is 10.9. The number of Topliss-reactive ketones (excluding diaryl/α,β-unsaturated/α-hetero) is 1. The van der Waals surface area contributed by atoms with Gasteiger partial charge in [0.1, 0.15) is 5.78 Å². The first kappa shape index (κ1) is 14.1. The normalized spacial score (nSPS) is 10.0. The molecule has 15 heavy (non-hydrogen) atoms. The van der Waals surface area contributed by atoms with Crippen LogP contribution in [0.5, 0.6) is 0 Å². The predicted molar refractivity (Wildman–Crippen MR) is 56.6 cm³/mol. The number of ether oxygens (including phenoxy) is 2. The number of carbonyl (C=O) groups is 2. The first-order valence-electron chi connectivity index (χ1n) is 5.45. The second kappa shape index (κ2) is 9.65. The third-order valence-electron chi connectivity index (χ3n) is 1.89. The summed E-state index contributed by atoms with van der Waals surface area (Å²) in [4.78, 5) is 21.8. The average molecular weight is 216 g/mol. The molecular formula is C11H20O4. The van der Waals surface area contributed by atoms with Crippen molar-refractivity contribution >= 4 is 11.8 Å². The molecule has 0 aromatic rings. The van der Waals surface area contributed by atoms with Crippen LogP contribution in [-0.4, -0.2) is 31.6 Å². The van der Waals surface area contributed by atoms with E-state index >= 15 is 0 Å². The fourth-order valence-electron chi connectivity index (χ4n) is 1.02.